The highest BCUT2D eigenvalue weighted by molar-refractivity contribution is 7.80. The predicted molar refractivity (Wildman–Crippen MR) is 97.3 cm³/mol. The average molecular weight is 352 g/mol. The first-order valence-corrected chi connectivity index (χ1v) is 9.08. The van der Waals surface area contributed by atoms with Crippen molar-refractivity contribution < 1.29 is 19.1 Å². The van der Waals surface area contributed by atoms with E-state index in [-0.39, 0.29) is 0 Å². The van der Waals surface area contributed by atoms with Crippen LogP contribution < -0.4 is 25.0 Å². The molecule has 3 N–H and O–H groups in total. The van der Waals surface area contributed by atoms with Gasteiger partial charge in [0.1, 0.15) is 13.1 Å². The minimum Gasteiger partial charge on any atom is -0.490 e. The quantitative estimate of drug-likeness (QED) is 0.528. The van der Waals surface area contributed by atoms with Crippen LogP contribution in [0.5, 0.6) is 11.5 Å². The van der Waals surface area contributed by atoms with E-state index >= 15 is 0 Å². The Morgan fingerprint density at radius 3 is 2.71 bits per heavy atom. The molecule has 1 fully saturated rings. The number of nitrogens with one attached hydrogen (secondary N) is 3. The van der Waals surface area contributed by atoms with Gasteiger partial charge in [0.05, 0.1) is 33.0 Å². The molecule has 7 heteroatoms. The molecule has 2 heterocycles. The summed E-state index contributed by atoms with van der Waals surface area (Å²) in [5.74, 6) is 1.57. The molecule has 0 aromatic heterocycles. The van der Waals surface area contributed by atoms with Crippen LogP contribution in [0, 0.1) is 0 Å². The molecule has 0 radical (unpaired) electrons. The molecule has 0 bridgehead atoms. The molecule has 6 nitrogen and oxygen atoms in total. The summed E-state index contributed by atoms with van der Waals surface area (Å²) in [4.78, 5) is 1.62. The van der Waals surface area contributed by atoms with Crippen LogP contribution in [0.1, 0.15) is 12.8 Å². The van der Waals surface area contributed by atoms with Crippen LogP contribution in [0.4, 0.5) is 5.69 Å². The maximum absolute atomic E-state index is 5.69. The van der Waals surface area contributed by atoms with E-state index in [9.17, 15) is 0 Å². The van der Waals surface area contributed by atoms with Gasteiger partial charge in [-0.1, -0.05) is 0 Å². The van der Waals surface area contributed by atoms with Gasteiger partial charge in [-0.3, -0.25) is 0 Å². The van der Waals surface area contributed by atoms with E-state index in [1.54, 1.807) is 4.90 Å². The van der Waals surface area contributed by atoms with Gasteiger partial charge in [-0.05, 0) is 24.4 Å². The summed E-state index contributed by atoms with van der Waals surface area (Å²) in [6, 6.07) is 5.82. The van der Waals surface area contributed by atoms with Crippen molar-refractivity contribution in [1.82, 2.24) is 5.32 Å². The summed E-state index contributed by atoms with van der Waals surface area (Å²) >= 11 is 5.37. The van der Waals surface area contributed by atoms with Gasteiger partial charge in [-0.15, -0.1) is 0 Å². The fraction of sp³-hybridized carbons (Fsp3) is 0.588. The minimum atomic E-state index is 0.640. The Bertz CT molecular complexity index is 550. The van der Waals surface area contributed by atoms with E-state index in [4.69, 9.17) is 26.4 Å². The second-order valence-corrected chi connectivity index (χ2v) is 6.47. The lowest BCUT2D eigenvalue weighted by Crippen LogP contribution is -3.14. The zero-order chi connectivity index (χ0) is 16.6. The fourth-order valence-electron chi connectivity index (χ4n) is 2.87. The SMILES string of the molecule is S=C(NCCC[NH+]1CCOCC1)Nc1ccc2c(c1)OCCCO2. The molecule has 2 aliphatic rings. The van der Waals surface area contributed by atoms with Gasteiger partial charge in [0, 0.05) is 31.1 Å². The smallest absolute Gasteiger partial charge is 0.170 e. The molecule has 1 aromatic carbocycles. The van der Waals surface area contributed by atoms with Crippen molar-refractivity contribution in [3.05, 3.63) is 18.2 Å². The molecule has 0 atom stereocenters. The van der Waals surface area contributed by atoms with Crippen molar-refractivity contribution in [3.63, 3.8) is 0 Å². The highest BCUT2D eigenvalue weighted by atomic mass is 32.1. The van der Waals surface area contributed by atoms with Gasteiger partial charge in [0.15, 0.2) is 16.6 Å². The molecule has 1 aromatic rings. The van der Waals surface area contributed by atoms with Crippen molar-refractivity contribution in [1.29, 1.82) is 0 Å². The third kappa shape index (κ3) is 5.22. The first-order valence-electron chi connectivity index (χ1n) is 8.67. The summed E-state index contributed by atoms with van der Waals surface area (Å²) in [5.41, 5.74) is 0.913. The summed E-state index contributed by atoms with van der Waals surface area (Å²) < 4.78 is 16.7. The number of quaternary nitrogens is 1. The standard InChI is InChI=1S/C17H25N3O3S/c24-17(18-5-1-6-20-7-11-21-12-8-20)19-14-3-4-15-16(13-14)23-10-2-9-22-15/h3-4,13H,1-2,5-12H2,(H2,18,19,24)/p+1. The maximum Gasteiger partial charge on any atom is 0.170 e. The number of benzene rings is 1. The molecule has 1 saturated heterocycles. The second-order valence-electron chi connectivity index (χ2n) is 6.06. The Labute approximate surface area is 148 Å². The molecule has 2 aliphatic heterocycles. The lowest BCUT2D eigenvalue weighted by atomic mass is 10.3. The molecular weight excluding hydrogens is 326 g/mol. The normalized spacial score (nSPS) is 17.8. The van der Waals surface area contributed by atoms with Gasteiger partial charge < -0.3 is 29.7 Å². The van der Waals surface area contributed by atoms with Crippen LogP contribution in [0.25, 0.3) is 0 Å². The van der Waals surface area contributed by atoms with Crippen molar-refractivity contribution in [3.8, 4) is 11.5 Å². The van der Waals surface area contributed by atoms with Crippen LogP contribution in [0.15, 0.2) is 18.2 Å². The van der Waals surface area contributed by atoms with Crippen LogP contribution in [0.3, 0.4) is 0 Å². The third-order valence-corrected chi connectivity index (χ3v) is 4.44. The van der Waals surface area contributed by atoms with Crippen molar-refractivity contribution >= 4 is 23.0 Å². The second kappa shape index (κ2) is 9.05. The molecular formula is C17H26N3O3S+. The summed E-state index contributed by atoms with van der Waals surface area (Å²) in [7, 11) is 0. The Hall–Kier alpha value is -1.57. The van der Waals surface area contributed by atoms with E-state index < -0.39 is 0 Å². The number of ether oxygens (including phenoxy) is 3. The Balaban J connectivity index is 1.39. The van der Waals surface area contributed by atoms with Crippen LogP contribution in [0.2, 0.25) is 0 Å². The highest BCUT2D eigenvalue weighted by Gasteiger charge is 2.13. The van der Waals surface area contributed by atoms with Gasteiger partial charge in [0.25, 0.3) is 0 Å². The van der Waals surface area contributed by atoms with Gasteiger partial charge in [-0.2, -0.15) is 0 Å². The number of morpholine rings is 1. The largest absolute Gasteiger partial charge is 0.490 e. The molecule has 0 aliphatic carbocycles. The molecule has 0 amide bonds. The minimum absolute atomic E-state index is 0.640. The Morgan fingerprint density at radius 2 is 1.88 bits per heavy atom. The Morgan fingerprint density at radius 1 is 1.08 bits per heavy atom. The van der Waals surface area contributed by atoms with E-state index in [1.165, 1.54) is 0 Å². The third-order valence-electron chi connectivity index (χ3n) is 4.20. The molecule has 24 heavy (non-hydrogen) atoms. The molecule has 0 saturated carbocycles. The highest BCUT2D eigenvalue weighted by Crippen LogP contribution is 2.32. The van der Waals surface area contributed by atoms with Crippen molar-refractivity contribution in [2.75, 3.05) is 57.9 Å². The lowest BCUT2D eigenvalue weighted by Gasteiger charge is -2.23. The van der Waals surface area contributed by atoms with E-state index in [0.717, 1.165) is 69.4 Å². The number of anilines is 1. The molecule has 0 spiro atoms. The first kappa shape index (κ1) is 17.3. The zero-order valence-electron chi connectivity index (χ0n) is 13.9. The number of hydrogen-bond acceptors (Lipinski definition) is 4. The van der Waals surface area contributed by atoms with Crippen LogP contribution in [-0.2, 0) is 4.74 Å². The first-order chi connectivity index (χ1) is 11.8. The van der Waals surface area contributed by atoms with Gasteiger partial charge in [0.2, 0.25) is 0 Å². The fourth-order valence-corrected chi connectivity index (χ4v) is 3.09. The van der Waals surface area contributed by atoms with Crippen molar-refractivity contribution in [2.24, 2.45) is 0 Å². The number of fused-ring (bicyclic) bond motifs is 1. The molecule has 0 unspecified atom stereocenters. The molecule has 132 valence electrons. The van der Waals surface area contributed by atoms with Gasteiger partial charge >= 0.3 is 0 Å². The van der Waals surface area contributed by atoms with Crippen LogP contribution in [-0.4, -0.2) is 57.7 Å². The summed E-state index contributed by atoms with van der Waals surface area (Å²) in [6.45, 7) is 7.40. The Kier molecular flexibility index (Phi) is 6.51. The number of hydrogen-bond donors (Lipinski definition) is 3. The van der Waals surface area contributed by atoms with Gasteiger partial charge in [-0.25, -0.2) is 0 Å². The van der Waals surface area contributed by atoms with Crippen LogP contribution >= 0.6 is 12.2 Å². The van der Waals surface area contributed by atoms with E-state index in [1.807, 2.05) is 18.2 Å². The zero-order valence-corrected chi connectivity index (χ0v) is 14.8. The number of rotatable bonds is 5. The topological polar surface area (TPSA) is 56.2 Å². The maximum atomic E-state index is 5.69. The summed E-state index contributed by atoms with van der Waals surface area (Å²) in [5, 5.41) is 7.12. The molecule has 3 rings (SSSR count). The van der Waals surface area contributed by atoms with E-state index in [2.05, 4.69) is 10.6 Å². The predicted octanol–water partition coefficient (Wildman–Crippen LogP) is 0.440. The number of thiocarbonyl (C=S) groups is 1. The van der Waals surface area contributed by atoms with E-state index in [0.29, 0.717) is 18.3 Å². The summed E-state index contributed by atoms with van der Waals surface area (Å²) in [6.07, 6.45) is 2.00. The van der Waals surface area contributed by atoms with Crippen molar-refractivity contribution in [2.45, 2.75) is 12.8 Å². The monoisotopic (exact) mass is 352 g/mol. The average Bonchev–Trinajstić information content (AvgIpc) is 2.84. The lowest BCUT2D eigenvalue weighted by molar-refractivity contribution is -0.908.